The summed E-state index contributed by atoms with van der Waals surface area (Å²) in [6.07, 6.45) is -1.43. The number of H-pyrrole nitrogens is 1. The molecule has 3 heterocycles. The van der Waals surface area contributed by atoms with E-state index < -0.39 is 11.7 Å². The third-order valence-corrected chi connectivity index (χ3v) is 7.39. The number of hydrogen-bond acceptors (Lipinski definition) is 2. The van der Waals surface area contributed by atoms with Crippen molar-refractivity contribution in [1.29, 1.82) is 0 Å². The third kappa shape index (κ3) is 4.92. The maximum absolute atomic E-state index is 13.1. The number of fused-ring (bicyclic) bond motifs is 1. The highest BCUT2D eigenvalue weighted by atomic mass is 19.4. The van der Waals surface area contributed by atoms with Gasteiger partial charge in [0.15, 0.2) is 0 Å². The van der Waals surface area contributed by atoms with Crippen LogP contribution in [-0.2, 0) is 11.0 Å². The molecule has 0 atom stereocenters. The molecule has 2 saturated heterocycles. The monoisotopic (exact) mass is 483 g/mol. The zero-order chi connectivity index (χ0) is 24.6. The van der Waals surface area contributed by atoms with Crippen LogP contribution < -0.4 is 0 Å². The van der Waals surface area contributed by atoms with Gasteiger partial charge in [-0.15, -0.1) is 0 Å². The van der Waals surface area contributed by atoms with Crippen molar-refractivity contribution in [3.05, 3.63) is 71.4 Å². The van der Waals surface area contributed by atoms with Gasteiger partial charge < -0.3 is 14.8 Å². The molecule has 2 amide bonds. The molecule has 0 spiro atoms. The fourth-order valence-electron chi connectivity index (χ4n) is 5.30. The van der Waals surface area contributed by atoms with Gasteiger partial charge in [-0.3, -0.25) is 9.59 Å². The first-order valence-electron chi connectivity index (χ1n) is 12.1. The van der Waals surface area contributed by atoms with E-state index in [1.54, 1.807) is 4.90 Å². The number of piperidine rings is 2. The minimum atomic E-state index is -4.43. The lowest BCUT2D eigenvalue weighted by molar-refractivity contribution is -0.138. The van der Waals surface area contributed by atoms with Gasteiger partial charge in [-0.2, -0.15) is 13.2 Å². The second kappa shape index (κ2) is 9.40. The Morgan fingerprint density at radius 1 is 0.829 bits per heavy atom. The number of benzene rings is 2. The molecule has 2 aromatic carbocycles. The molecular formula is C27H28F3N3O2. The number of aromatic amines is 1. The highest BCUT2D eigenvalue weighted by molar-refractivity contribution is 5.94. The van der Waals surface area contributed by atoms with Gasteiger partial charge in [-0.1, -0.05) is 18.2 Å². The third-order valence-electron chi connectivity index (χ3n) is 7.39. The summed E-state index contributed by atoms with van der Waals surface area (Å²) in [6.45, 7) is 2.32. The Morgan fingerprint density at radius 2 is 1.46 bits per heavy atom. The van der Waals surface area contributed by atoms with Crippen LogP contribution in [0.25, 0.3) is 10.9 Å². The van der Waals surface area contributed by atoms with Crippen molar-refractivity contribution < 1.29 is 22.8 Å². The van der Waals surface area contributed by atoms with Crippen LogP contribution >= 0.6 is 0 Å². The number of para-hydroxylation sites is 1. The van der Waals surface area contributed by atoms with Crippen molar-refractivity contribution in [2.24, 2.45) is 5.92 Å². The molecule has 2 aliphatic heterocycles. The minimum absolute atomic E-state index is 0.115. The van der Waals surface area contributed by atoms with Crippen molar-refractivity contribution in [2.45, 2.75) is 37.8 Å². The van der Waals surface area contributed by atoms with E-state index in [0.29, 0.717) is 31.8 Å². The maximum atomic E-state index is 13.1. The molecule has 0 bridgehead atoms. The van der Waals surface area contributed by atoms with Crippen LogP contribution in [0.1, 0.15) is 53.2 Å². The zero-order valence-electron chi connectivity index (χ0n) is 19.4. The molecule has 35 heavy (non-hydrogen) atoms. The molecule has 1 N–H and O–H groups in total. The first-order chi connectivity index (χ1) is 16.8. The van der Waals surface area contributed by atoms with E-state index in [9.17, 15) is 22.8 Å². The van der Waals surface area contributed by atoms with Gasteiger partial charge in [-0.05, 0) is 67.5 Å². The second-order valence-electron chi connectivity index (χ2n) is 9.55. The molecular weight excluding hydrogens is 455 g/mol. The number of hydrogen-bond donors (Lipinski definition) is 1. The standard InChI is InChI=1S/C27H28F3N3O2/c28-27(29,30)22-7-5-19(6-8-22)25(34)33-15-11-20(12-16-33)26(35)32-13-9-18(10-14-32)24-17-21-3-1-2-4-23(21)31-24/h1-8,17-18,20,31H,9-16H2. The van der Waals surface area contributed by atoms with Crippen LogP contribution in [-0.4, -0.2) is 52.8 Å². The molecule has 1 aromatic heterocycles. The number of halogens is 3. The van der Waals surface area contributed by atoms with E-state index >= 15 is 0 Å². The van der Waals surface area contributed by atoms with E-state index in [1.165, 1.54) is 23.2 Å². The maximum Gasteiger partial charge on any atom is 0.416 e. The Hall–Kier alpha value is -3.29. The van der Waals surface area contributed by atoms with Crippen LogP contribution in [0.3, 0.4) is 0 Å². The number of nitrogens with zero attached hydrogens (tertiary/aromatic N) is 2. The van der Waals surface area contributed by atoms with Crippen molar-refractivity contribution >= 4 is 22.7 Å². The summed E-state index contributed by atoms with van der Waals surface area (Å²) < 4.78 is 38.3. The molecule has 2 aliphatic rings. The van der Waals surface area contributed by atoms with Gasteiger partial charge in [0.1, 0.15) is 0 Å². The van der Waals surface area contributed by atoms with E-state index in [4.69, 9.17) is 0 Å². The predicted molar refractivity (Wildman–Crippen MR) is 127 cm³/mol. The van der Waals surface area contributed by atoms with Crippen molar-refractivity contribution in [1.82, 2.24) is 14.8 Å². The second-order valence-corrected chi connectivity index (χ2v) is 9.55. The van der Waals surface area contributed by atoms with E-state index in [1.807, 2.05) is 17.0 Å². The Labute approximate surface area is 201 Å². The number of amides is 2. The molecule has 184 valence electrons. The summed E-state index contributed by atoms with van der Waals surface area (Å²) in [5.41, 5.74) is 1.83. The van der Waals surface area contributed by atoms with Gasteiger partial charge in [-0.25, -0.2) is 0 Å². The number of aromatic nitrogens is 1. The number of alkyl halides is 3. The van der Waals surface area contributed by atoms with Gasteiger partial charge >= 0.3 is 6.18 Å². The molecule has 0 unspecified atom stereocenters. The van der Waals surface area contributed by atoms with Crippen molar-refractivity contribution in [2.75, 3.05) is 26.2 Å². The number of carbonyl (C=O) groups excluding carboxylic acids is 2. The number of likely N-dealkylation sites (tertiary alicyclic amines) is 2. The van der Waals surface area contributed by atoms with Crippen LogP contribution in [0.15, 0.2) is 54.6 Å². The predicted octanol–water partition coefficient (Wildman–Crippen LogP) is 5.45. The van der Waals surface area contributed by atoms with Gasteiger partial charge in [0.25, 0.3) is 5.91 Å². The van der Waals surface area contributed by atoms with Gasteiger partial charge in [0.2, 0.25) is 5.91 Å². The van der Waals surface area contributed by atoms with Crippen LogP contribution in [0.2, 0.25) is 0 Å². The topological polar surface area (TPSA) is 56.4 Å². The summed E-state index contributed by atoms with van der Waals surface area (Å²) in [5, 5.41) is 1.21. The van der Waals surface area contributed by atoms with Gasteiger partial charge in [0, 0.05) is 54.8 Å². The van der Waals surface area contributed by atoms with Crippen LogP contribution in [0.5, 0.6) is 0 Å². The number of nitrogens with one attached hydrogen (secondary N) is 1. The quantitative estimate of drug-likeness (QED) is 0.539. The lowest BCUT2D eigenvalue weighted by Gasteiger charge is -2.37. The molecule has 0 radical (unpaired) electrons. The van der Waals surface area contributed by atoms with Gasteiger partial charge in [0.05, 0.1) is 5.56 Å². The average Bonchev–Trinajstić information content (AvgIpc) is 3.32. The SMILES string of the molecule is O=C(c1ccc(C(F)(F)F)cc1)N1CCC(C(=O)N2CCC(c3cc4ccccc4[nH]3)CC2)CC1. The highest BCUT2D eigenvalue weighted by Crippen LogP contribution is 2.32. The minimum Gasteiger partial charge on any atom is -0.358 e. The molecule has 2 fully saturated rings. The highest BCUT2D eigenvalue weighted by Gasteiger charge is 2.34. The summed E-state index contributed by atoms with van der Waals surface area (Å²) in [7, 11) is 0. The fourth-order valence-corrected chi connectivity index (χ4v) is 5.30. The summed E-state index contributed by atoms with van der Waals surface area (Å²) in [5.74, 6) is 0.163. The molecule has 0 aliphatic carbocycles. The van der Waals surface area contributed by atoms with Crippen LogP contribution in [0.4, 0.5) is 13.2 Å². The summed E-state index contributed by atoms with van der Waals surface area (Å²) >= 11 is 0. The molecule has 5 rings (SSSR count). The smallest absolute Gasteiger partial charge is 0.358 e. The largest absolute Gasteiger partial charge is 0.416 e. The molecule has 0 saturated carbocycles. The van der Waals surface area contributed by atoms with E-state index in [0.717, 1.165) is 43.6 Å². The molecule has 8 heteroatoms. The summed E-state index contributed by atoms with van der Waals surface area (Å²) in [6, 6.07) is 14.7. The Bertz CT molecular complexity index is 1170. The van der Waals surface area contributed by atoms with E-state index in [-0.39, 0.29) is 23.3 Å². The van der Waals surface area contributed by atoms with Crippen molar-refractivity contribution in [3.8, 4) is 0 Å². The number of rotatable bonds is 3. The zero-order valence-corrected chi connectivity index (χ0v) is 19.4. The Kier molecular flexibility index (Phi) is 6.30. The molecule has 5 nitrogen and oxygen atoms in total. The average molecular weight is 484 g/mol. The first-order valence-corrected chi connectivity index (χ1v) is 12.1. The van der Waals surface area contributed by atoms with Crippen molar-refractivity contribution in [3.63, 3.8) is 0 Å². The summed E-state index contributed by atoms with van der Waals surface area (Å²) in [4.78, 5) is 32.9. The Balaban J connectivity index is 1.12. The fraction of sp³-hybridized carbons (Fsp3) is 0.407. The lowest BCUT2D eigenvalue weighted by Crippen LogP contribution is -2.46. The van der Waals surface area contributed by atoms with E-state index in [2.05, 4.69) is 23.2 Å². The number of carbonyl (C=O) groups is 2. The first kappa shape index (κ1) is 23.5. The Morgan fingerprint density at radius 3 is 2.09 bits per heavy atom. The lowest BCUT2D eigenvalue weighted by atomic mass is 9.90. The van der Waals surface area contributed by atoms with Crippen LogP contribution in [0, 0.1) is 5.92 Å². The molecule has 3 aromatic rings. The normalized spacial score (nSPS) is 18.3.